The minimum atomic E-state index is -1.10. The predicted octanol–water partition coefficient (Wildman–Crippen LogP) is 4.02. The molecule has 0 heterocycles. The Kier molecular flexibility index (Phi) is 5.20. The summed E-state index contributed by atoms with van der Waals surface area (Å²) in [6.45, 7) is 11.0. The highest BCUT2D eigenvalue weighted by molar-refractivity contribution is 6.65. The number of hydrogen-bond donors (Lipinski definition) is 1. The maximum atomic E-state index is 11.8. The van der Waals surface area contributed by atoms with E-state index in [-0.39, 0.29) is 5.41 Å². The molecule has 0 unspecified atom stereocenters. The fraction of sp³-hybridized carbons (Fsp3) is 0.800. The van der Waals surface area contributed by atoms with Crippen LogP contribution in [-0.2, 0) is 4.79 Å². The van der Waals surface area contributed by atoms with Crippen molar-refractivity contribution in [2.45, 2.75) is 66.0 Å². The van der Waals surface area contributed by atoms with Crippen molar-refractivity contribution in [3.8, 4) is 0 Å². The summed E-state index contributed by atoms with van der Waals surface area (Å²) in [5.74, 6) is -0.353. The molecule has 0 amide bonds. The van der Waals surface area contributed by atoms with Crippen LogP contribution in [0.25, 0.3) is 0 Å². The Morgan fingerprint density at radius 1 is 1.11 bits per heavy atom. The Morgan fingerprint density at radius 3 is 1.94 bits per heavy atom. The predicted molar refractivity (Wildman–Crippen MR) is 79.6 cm³/mol. The molecule has 0 aliphatic heterocycles. The van der Waals surface area contributed by atoms with Gasteiger partial charge < -0.3 is 5.11 Å². The SMILES string of the molecule is C[SiH](C)/C(=C(\C(=O)O)C1CCCCC1)C(C)(C)C. The standard InChI is InChI=1S/C15H28O2Si/c1-15(2,3)13(18(4)5)12(14(16)17)11-9-7-6-8-10-11/h11,18H,6-10H2,1-5H3,(H,16,17)/b13-12-. The van der Waals surface area contributed by atoms with E-state index in [0.717, 1.165) is 18.4 Å². The van der Waals surface area contributed by atoms with Gasteiger partial charge in [-0.25, -0.2) is 4.79 Å². The second-order valence-corrected chi connectivity index (χ2v) is 9.76. The Labute approximate surface area is 113 Å². The quantitative estimate of drug-likeness (QED) is 0.620. The number of carbonyl (C=O) groups is 1. The molecule has 0 aromatic rings. The first kappa shape index (κ1) is 15.5. The van der Waals surface area contributed by atoms with Crippen molar-refractivity contribution in [2.24, 2.45) is 11.3 Å². The molecule has 0 radical (unpaired) electrons. The lowest BCUT2D eigenvalue weighted by molar-refractivity contribution is -0.133. The molecule has 0 saturated heterocycles. The highest BCUT2D eigenvalue weighted by Crippen LogP contribution is 2.38. The van der Waals surface area contributed by atoms with Crippen molar-refractivity contribution in [1.82, 2.24) is 0 Å². The molecule has 1 saturated carbocycles. The molecular formula is C15H28O2Si. The Morgan fingerprint density at radius 2 is 1.61 bits per heavy atom. The van der Waals surface area contributed by atoms with Crippen molar-refractivity contribution >= 4 is 14.8 Å². The molecule has 0 aromatic carbocycles. The summed E-state index contributed by atoms with van der Waals surface area (Å²) < 4.78 is 0. The molecule has 18 heavy (non-hydrogen) atoms. The molecule has 1 aliphatic rings. The van der Waals surface area contributed by atoms with Gasteiger partial charge in [0.2, 0.25) is 0 Å². The second-order valence-electron chi connectivity index (χ2n) is 6.87. The average Bonchev–Trinajstić information content (AvgIpc) is 2.24. The summed E-state index contributed by atoms with van der Waals surface area (Å²) in [5.41, 5.74) is 0.787. The van der Waals surface area contributed by atoms with Gasteiger partial charge in [-0.2, -0.15) is 0 Å². The Hall–Kier alpha value is -0.573. The van der Waals surface area contributed by atoms with E-state index in [4.69, 9.17) is 0 Å². The molecule has 3 heteroatoms. The van der Waals surface area contributed by atoms with Crippen LogP contribution in [0.5, 0.6) is 0 Å². The first-order valence-electron chi connectivity index (χ1n) is 7.23. The maximum Gasteiger partial charge on any atom is 0.331 e. The van der Waals surface area contributed by atoms with Crippen LogP contribution in [0.2, 0.25) is 13.1 Å². The topological polar surface area (TPSA) is 37.3 Å². The summed E-state index contributed by atoms with van der Waals surface area (Å²) in [4.78, 5) is 11.8. The summed E-state index contributed by atoms with van der Waals surface area (Å²) >= 11 is 0. The van der Waals surface area contributed by atoms with Crippen LogP contribution in [0, 0.1) is 11.3 Å². The van der Waals surface area contributed by atoms with Crippen LogP contribution in [0.15, 0.2) is 10.8 Å². The molecule has 1 fully saturated rings. The van der Waals surface area contributed by atoms with Crippen LogP contribution in [0.4, 0.5) is 0 Å². The van der Waals surface area contributed by atoms with Gasteiger partial charge in [-0.1, -0.05) is 58.3 Å². The number of allylic oxidation sites excluding steroid dienone is 1. The molecule has 0 aromatic heterocycles. The third kappa shape index (κ3) is 3.71. The van der Waals surface area contributed by atoms with E-state index in [1.54, 1.807) is 0 Å². The van der Waals surface area contributed by atoms with Crippen molar-refractivity contribution in [1.29, 1.82) is 0 Å². The minimum absolute atomic E-state index is 0.00552. The lowest BCUT2D eigenvalue weighted by Gasteiger charge is -2.33. The third-order valence-corrected chi connectivity index (χ3v) is 6.25. The summed E-state index contributed by atoms with van der Waals surface area (Å²) in [5, 5.41) is 11.0. The van der Waals surface area contributed by atoms with E-state index in [1.807, 2.05) is 0 Å². The third-order valence-electron chi connectivity index (χ3n) is 3.92. The first-order valence-corrected chi connectivity index (χ1v) is 10.1. The highest BCUT2D eigenvalue weighted by Gasteiger charge is 2.32. The Bertz CT molecular complexity index is 331. The van der Waals surface area contributed by atoms with Crippen LogP contribution in [-0.4, -0.2) is 19.9 Å². The zero-order valence-electron chi connectivity index (χ0n) is 12.5. The van der Waals surface area contributed by atoms with E-state index in [1.165, 1.54) is 24.5 Å². The van der Waals surface area contributed by atoms with Gasteiger partial charge in [0.15, 0.2) is 0 Å². The lowest BCUT2D eigenvalue weighted by atomic mass is 9.80. The van der Waals surface area contributed by atoms with Crippen molar-refractivity contribution < 1.29 is 9.90 Å². The zero-order chi connectivity index (χ0) is 13.9. The minimum Gasteiger partial charge on any atom is -0.478 e. The molecule has 0 spiro atoms. The highest BCUT2D eigenvalue weighted by atomic mass is 28.3. The number of carboxylic acid groups (broad SMARTS) is 1. The summed E-state index contributed by atoms with van der Waals surface area (Å²) in [6, 6.07) is 0. The van der Waals surface area contributed by atoms with E-state index >= 15 is 0 Å². The van der Waals surface area contributed by atoms with Crippen molar-refractivity contribution in [3.05, 3.63) is 10.8 Å². The van der Waals surface area contributed by atoms with Crippen molar-refractivity contribution in [2.75, 3.05) is 0 Å². The van der Waals surface area contributed by atoms with Gasteiger partial charge in [-0.15, -0.1) is 0 Å². The largest absolute Gasteiger partial charge is 0.478 e. The molecule has 1 rings (SSSR count). The van der Waals surface area contributed by atoms with E-state index in [0.29, 0.717) is 5.92 Å². The van der Waals surface area contributed by atoms with Gasteiger partial charge in [-0.3, -0.25) is 0 Å². The van der Waals surface area contributed by atoms with Gasteiger partial charge in [-0.05, 0) is 24.2 Å². The van der Waals surface area contributed by atoms with Gasteiger partial charge in [0.25, 0.3) is 0 Å². The number of aliphatic carboxylic acids is 1. The zero-order valence-corrected chi connectivity index (χ0v) is 13.7. The summed E-state index contributed by atoms with van der Waals surface area (Å²) in [7, 11) is -1.10. The Balaban J connectivity index is 3.24. The van der Waals surface area contributed by atoms with E-state index < -0.39 is 14.8 Å². The normalized spacial score (nSPS) is 19.9. The van der Waals surface area contributed by atoms with Crippen LogP contribution in [0.3, 0.4) is 0 Å². The monoisotopic (exact) mass is 268 g/mol. The number of rotatable bonds is 3. The van der Waals surface area contributed by atoms with Gasteiger partial charge in [0.05, 0.1) is 8.80 Å². The van der Waals surface area contributed by atoms with Crippen LogP contribution in [0.1, 0.15) is 52.9 Å². The maximum absolute atomic E-state index is 11.8. The molecule has 0 atom stereocenters. The fourth-order valence-electron chi connectivity index (χ4n) is 3.48. The van der Waals surface area contributed by atoms with E-state index in [2.05, 4.69) is 33.9 Å². The molecule has 1 aliphatic carbocycles. The summed E-state index contributed by atoms with van der Waals surface area (Å²) in [6.07, 6.45) is 5.80. The molecule has 104 valence electrons. The van der Waals surface area contributed by atoms with Crippen LogP contribution < -0.4 is 0 Å². The lowest BCUT2D eigenvalue weighted by Crippen LogP contribution is -2.29. The van der Waals surface area contributed by atoms with Crippen molar-refractivity contribution in [3.63, 3.8) is 0 Å². The van der Waals surface area contributed by atoms with E-state index in [9.17, 15) is 9.90 Å². The second kappa shape index (κ2) is 6.05. The van der Waals surface area contributed by atoms with Gasteiger partial charge in [0.1, 0.15) is 0 Å². The first-order chi connectivity index (χ1) is 8.25. The molecule has 0 bridgehead atoms. The fourth-order valence-corrected chi connectivity index (χ4v) is 6.20. The molecule has 1 N–H and O–H groups in total. The average molecular weight is 268 g/mol. The number of hydrogen-bond acceptors (Lipinski definition) is 1. The smallest absolute Gasteiger partial charge is 0.331 e. The van der Waals surface area contributed by atoms with Gasteiger partial charge in [0, 0.05) is 5.57 Å². The molecular weight excluding hydrogens is 240 g/mol. The number of carboxylic acids is 1. The van der Waals surface area contributed by atoms with Crippen LogP contribution >= 0.6 is 0 Å². The molecule has 2 nitrogen and oxygen atoms in total. The van der Waals surface area contributed by atoms with Gasteiger partial charge >= 0.3 is 5.97 Å².